The molecule has 1 aliphatic rings. The summed E-state index contributed by atoms with van der Waals surface area (Å²) >= 11 is 0. The van der Waals surface area contributed by atoms with Gasteiger partial charge in [0.25, 0.3) is 5.91 Å². The molecule has 5 rings (SSSR count). The molecule has 0 saturated heterocycles. The Morgan fingerprint density at radius 2 is 1.72 bits per heavy atom. The van der Waals surface area contributed by atoms with E-state index in [-0.39, 0.29) is 24.6 Å². The number of nitrogens with one attached hydrogen (secondary N) is 1. The van der Waals surface area contributed by atoms with Crippen LogP contribution in [0.25, 0.3) is 11.3 Å². The predicted octanol–water partition coefficient (Wildman–Crippen LogP) is 6.32. The third kappa shape index (κ3) is 6.38. The molecule has 0 atom stereocenters. The highest BCUT2D eigenvalue weighted by Gasteiger charge is 2.32. The topological polar surface area (TPSA) is 71.8 Å². The fourth-order valence-electron chi connectivity index (χ4n) is 4.41. The predicted molar refractivity (Wildman–Crippen MR) is 139 cm³/mol. The van der Waals surface area contributed by atoms with Gasteiger partial charge in [0, 0.05) is 41.9 Å². The molecule has 0 unspecified atom stereocenters. The molecule has 0 fully saturated rings. The molecule has 9 heteroatoms. The second-order valence-electron chi connectivity index (χ2n) is 9.22. The molecule has 6 nitrogen and oxygen atoms in total. The average Bonchev–Trinajstić information content (AvgIpc) is 3.37. The average molecular weight is 535 g/mol. The summed E-state index contributed by atoms with van der Waals surface area (Å²) in [5.41, 5.74) is 2.35. The molecule has 3 aromatic carbocycles. The fraction of sp³-hybridized carbons (Fsp3) is 0.200. The Hall–Kier alpha value is -4.37. The molecule has 0 saturated carbocycles. The van der Waals surface area contributed by atoms with Gasteiger partial charge in [-0.1, -0.05) is 36.4 Å². The maximum atomic E-state index is 13.1. The number of furan rings is 1. The number of ether oxygens (including phenoxy) is 1. The first-order valence-corrected chi connectivity index (χ1v) is 12.4. The molecule has 4 aromatic rings. The van der Waals surface area contributed by atoms with Crippen LogP contribution in [0.1, 0.15) is 32.8 Å². The third-order valence-corrected chi connectivity index (χ3v) is 6.39. The number of amides is 2. The molecule has 0 bridgehead atoms. The van der Waals surface area contributed by atoms with Crippen molar-refractivity contribution in [2.24, 2.45) is 0 Å². The van der Waals surface area contributed by atoms with Crippen molar-refractivity contribution in [3.63, 3.8) is 0 Å². The lowest BCUT2D eigenvalue weighted by Crippen LogP contribution is -2.35. The lowest BCUT2D eigenvalue weighted by atomic mass is 10.0. The van der Waals surface area contributed by atoms with Crippen LogP contribution >= 0.6 is 0 Å². The van der Waals surface area contributed by atoms with E-state index in [4.69, 9.17) is 9.15 Å². The fourth-order valence-corrected chi connectivity index (χ4v) is 4.41. The van der Waals surface area contributed by atoms with Crippen LogP contribution in [0.4, 0.5) is 18.9 Å². The van der Waals surface area contributed by atoms with Crippen molar-refractivity contribution in [2.75, 3.05) is 18.5 Å². The van der Waals surface area contributed by atoms with Gasteiger partial charge in [-0.05, 0) is 54.1 Å². The first-order valence-electron chi connectivity index (χ1n) is 12.4. The Kier molecular flexibility index (Phi) is 7.51. The molecule has 1 N–H and O–H groups in total. The van der Waals surface area contributed by atoms with Gasteiger partial charge in [0.05, 0.1) is 12.2 Å². The van der Waals surface area contributed by atoms with E-state index in [9.17, 15) is 22.8 Å². The second kappa shape index (κ2) is 11.2. The van der Waals surface area contributed by atoms with Gasteiger partial charge in [-0.15, -0.1) is 0 Å². The standard InChI is InChI=1S/C30H25F3N2O4/c31-30(32,33)24-8-4-7-22(15-24)29(37)35-14-13-26-23(17-35)16-27(39-26)21-9-11-25(12-10-21)34-28(36)19-38-18-20-5-2-1-3-6-20/h1-12,15-16H,13-14,17-19H2,(H,34,36). The molecule has 2 heterocycles. The Bertz CT molecular complexity index is 1460. The summed E-state index contributed by atoms with van der Waals surface area (Å²) in [6.07, 6.45) is -4.06. The molecule has 0 radical (unpaired) electrons. The summed E-state index contributed by atoms with van der Waals surface area (Å²) in [6, 6.07) is 23.0. The number of nitrogens with zero attached hydrogens (tertiary/aromatic N) is 1. The first kappa shape index (κ1) is 26.2. The second-order valence-corrected chi connectivity index (χ2v) is 9.22. The molecular formula is C30H25F3N2O4. The van der Waals surface area contributed by atoms with Crippen LogP contribution in [0.5, 0.6) is 0 Å². The van der Waals surface area contributed by atoms with E-state index < -0.39 is 17.6 Å². The zero-order valence-electron chi connectivity index (χ0n) is 20.8. The van der Waals surface area contributed by atoms with Gasteiger partial charge in [0.15, 0.2) is 0 Å². The van der Waals surface area contributed by atoms with Crippen molar-refractivity contribution < 1.29 is 31.9 Å². The summed E-state index contributed by atoms with van der Waals surface area (Å²) < 4.78 is 50.7. The molecule has 1 aliphatic heterocycles. The van der Waals surface area contributed by atoms with Gasteiger partial charge >= 0.3 is 6.18 Å². The number of alkyl halides is 3. The van der Waals surface area contributed by atoms with Gasteiger partial charge in [-0.3, -0.25) is 9.59 Å². The van der Waals surface area contributed by atoms with E-state index in [2.05, 4.69) is 5.32 Å². The van der Waals surface area contributed by atoms with Crippen LogP contribution in [0, 0.1) is 0 Å². The lowest BCUT2D eigenvalue weighted by molar-refractivity contribution is -0.137. The van der Waals surface area contributed by atoms with E-state index in [1.54, 1.807) is 12.1 Å². The van der Waals surface area contributed by atoms with Crippen LogP contribution in [0.3, 0.4) is 0 Å². The van der Waals surface area contributed by atoms with Crippen molar-refractivity contribution in [3.8, 4) is 11.3 Å². The van der Waals surface area contributed by atoms with Crippen molar-refractivity contribution in [1.82, 2.24) is 4.90 Å². The van der Waals surface area contributed by atoms with Crippen LogP contribution in [-0.4, -0.2) is 29.9 Å². The molecule has 2 amide bonds. The third-order valence-electron chi connectivity index (χ3n) is 6.39. The maximum Gasteiger partial charge on any atom is 0.416 e. The molecule has 0 aliphatic carbocycles. The van der Waals surface area contributed by atoms with E-state index in [1.807, 2.05) is 48.5 Å². The zero-order chi connectivity index (χ0) is 27.4. The highest BCUT2D eigenvalue weighted by atomic mass is 19.4. The monoisotopic (exact) mass is 534 g/mol. The highest BCUT2D eigenvalue weighted by Crippen LogP contribution is 2.32. The van der Waals surface area contributed by atoms with Crippen molar-refractivity contribution in [2.45, 2.75) is 25.7 Å². The van der Waals surface area contributed by atoms with Crippen molar-refractivity contribution in [1.29, 1.82) is 0 Å². The zero-order valence-corrected chi connectivity index (χ0v) is 20.8. The number of halogens is 3. The Balaban J connectivity index is 1.18. The summed E-state index contributed by atoms with van der Waals surface area (Å²) in [6.45, 7) is 0.855. The van der Waals surface area contributed by atoms with E-state index in [0.29, 0.717) is 31.0 Å². The van der Waals surface area contributed by atoms with Gasteiger partial charge < -0.3 is 19.4 Å². The minimum Gasteiger partial charge on any atom is -0.461 e. The summed E-state index contributed by atoms with van der Waals surface area (Å²) in [5.74, 6) is 0.628. The molecule has 200 valence electrons. The minimum atomic E-state index is -4.51. The first-order chi connectivity index (χ1) is 18.8. The molecule has 1 aromatic heterocycles. The highest BCUT2D eigenvalue weighted by molar-refractivity contribution is 5.94. The SMILES string of the molecule is O=C(COCc1ccccc1)Nc1ccc(-c2cc3c(o2)CCN(C(=O)c2cccc(C(F)(F)F)c2)C3)cc1. The smallest absolute Gasteiger partial charge is 0.416 e. The van der Waals surface area contributed by atoms with E-state index >= 15 is 0 Å². The number of benzene rings is 3. The van der Waals surface area contributed by atoms with Crippen molar-refractivity contribution >= 4 is 17.5 Å². The Labute approximate surface area is 223 Å². The summed E-state index contributed by atoms with van der Waals surface area (Å²) in [5, 5.41) is 2.79. The molecule has 39 heavy (non-hydrogen) atoms. The Morgan fingerprint density at radius 3 is 2.46 bits per heavy atom. The number of carbonyl (C=O) groups excluding carboxylic acids is 2. The number of rotatable bonds is 7. The quantitative estimate of drug-likeness (QED) is 0.301. The number of carbonyl (C=O) groups is 2. The van der Waals surface area contributed by atoms with Crippen LogP contribution in [-0.2, 0) is 35.3 Å². The van der Waals surface area contributed by atoms with Gasteiger partial charge in [0.1, 0.15) is 18.1 Å². The normalized spacial score (nSPS) is 13.2. The van der Waals surface area contributed by atoms with Gasteiger partial charge in [-0.2, -0.15) is 13.2 Å². The van der Waals surface area contributed by atoms with E-state index in [0.717, 1.165) is 34.6 Å². The van der Waals surface area contributed by atoms with E-state index in [1.165, 1.54) is 17.0 Å². The van der Waals surface area contributed by atoms with Crippen molar-refractivity contribution in [3.05, 3.63) is 113 Å². The largest absolute Gasteiger partial charge is 0.461 e. The molecular weight excluding hydrogens is 509 g/mol. The lowest BCUT2D eigenvalue weighted by Gasteiger charge is -2.26. The summed E-state index contributed by atoms with van der Waals surface area (Å²) in [7, 11) is 0. The number of hydrogen-bond acceptors (Lipinski definition) is 4. The van der Waals surface area contributed by atoms with Crippen LogP contribution in [0.15, 0.2) is 89.3 Å². The molecule has 0 spiro atoms. The number of fused-ring (bicyclic) bond motifs is 1. The van der Waals surface area contributed by atoms with Crippen LogP contribution in [0.2, 0.25) is 0 Å². The van der Waals surface area contributed by atoms with Gasteiger partial charge in [0.2, 0.25) is 5.91 Å². The summed E-state index contributed by atoms with van der Waals surface area (Å²) in [4.78, 5) is 26.6. The Morgan fingerprint density at radius 1 is 0.949 bits per heavy atom. The maximum absolute atomic E-state index is 13.1. The van der Waals surface area contributed by atoms with Crippen LogP contribution < -0.4 is 5.32 Å². The number of hydrogen-bond donors (Lipinski definition) is 1. The minimum absolute atomic E-state index is 0.0000880. The number of anilines is 1. The van der Waals surface area contributed by atoms with Gasteiger partial charge in [-0.25, -0.2) is 0 Å².